The maximum atomic E-state index is 13.2. The molecule has 1 aromatic heterocycles. The Morgan fingerprint density at radius 2 is 2.17 bits per heavy atom. The summed E-state index contributed by atoms with van der Waals surface area (Å²) in [5.41, 5.74) is 7.37. The molecule has 3 nitrogen and oxygen atoms in total. The van der Waals surface area contributed by atoms with E-state index in [1.54, 1.807) is 0 Å². The zero-order chi connectivity index (χ0) is 12.5. The lowest BCUT2D eigenvalue weighted by molar-refractivity contribution is 0.629. The summed E-state index contributed by atoms with van der Waals surface area (Å²) in [5, 5.41) is 0. The molecule has 1 fully saturated rings. The molecule has 3 rings (SSSR count). The van der Waals surface area contributed by atoms with Crippen LogP contribution >= 0.6 is 0 Å². The van der Waals surface area contributed by atoms with Crippen LogP contribution in [0.1, 0.15) is 37.5 Å². The van der Waals surface area contributed by atoms with Gasteiger partial charge in [0.05, 0.1) is 11.0 Å². The molecular formula is C14H18FN3. The summed E-state index contributed by atoms with van der Waals surface area (Å²) in [5.74, 6) is 0.878. The molecule has 1 aliphatic rings. The minimum Gasteiger partial charge on any atom is -0.330 e. The van der Waals surface area contributed by atoms with E-state index in [1.165, 1.54) is 25.0 Å². The van der Waals surface area contributed by atoms with Crippen LogP contribution in [0.5, 0.6) is 0 Å². The lowest BCUT2D eigenvalue weighted by atomic mass is 10.2. The lowest BCUT2D eigenvalue weighted by Crippen LogP contribution is -2.04. The molecule has 2 N–H and O–H groups in total. The van der Waals surface area contributed by atoms with Crippen molar-refractivity contribution in [2.75, 3.05) is 6.54 Å². The molecule has 1 heterocycles. The molecule has 0 saturated heterocycles. The molecule has 0 aliphatic heterocycles. The molecule has 1 saturated carbocycles. The Morgan fingerprint density at radius 1 is 1.33 bits per heavy atom. The Bertz CT molecular complexity index is 557. The van der Waals surface area contributed by atoms with Crippen molar-refractivity contribution in [3.63, 3.8) is 0 Å². The van der Waals surface area contributed by atoms with Crippen LogP contribution in [0.2, 0.25) is 0 Å². The van der Waals surface area contributed by atoms with E-state index in [1.807, 2.05) is 6.07 Å². The number of nitrogens with zero attached hydrogens (tertiary/aromatic N) is 2. The minimum absolute atomic E-state index is 0.212. The van der Waals surface area contributed by atoms with Crippen molar-refractivity contribution >= 4 is 11.0 Å². The summed E-state index contributed by atoms with van der Waals surface area (Å²) in [6, 6.07) is 5.48. The molecular weight excluding hydrogens is 229 g/mol. The summed E-state index contributed by atoms with van der Waals surface area (Å²) < 4.78 is 15.5. The Kier molecular flexibility index (Phi) is 3.04. The Hall–Kier alpha value is -1.42. The van der Waals surface area contributed by atoms with Crippen LogP contribution in [0, 0.1) is 5.82 Å². The zero-order valence-corrected chi connectivity index (χ0v) is 10.4. The van der Waals surface area contributed by atoms with Crippen LogP contribution in [0.3, 0.4) is 0 Å². The Morgan fingerprint density at radius 3 is 2.89 bits per heavy atom. The second-order valence-corrected chi connectivity index (χ2v) is 5.01. The van der Waals surface area contributed by atoms with Gasteiger partial charge < -0.3 is 10.3 Å². The zero-order valence-electron chi connectivity index (χ0n) is 10.4. The van der Waals surface area contributed by atoms with Crippen molar-refractivity contribution in [1.29, 1.82) is 0 Å². The first kappa shape index (κ1) is 11.7. The van der Waals surface area contributed by atoms with Gasteiger partial charge in [-0.25, -0.2) is 9.37 Å². The fourth-order valence-corrected chi connectivity index (χ4v) is 2.47. The molecule has 4 heteroatoms. The number of aromatic nitrogens is 2. The van der Waals surface area contributed by atoms with E-state index in [-0.39, 0.29) is 5.82 Å². The fourth-order valence-electron chi connectivity index (χ4n) is 2.47. The van der Waals surface area contributed by atoms with Crippen LogP contribution in [0.15, 0.2) is 18.2 Å². The van der Waals surface area contributed by atoms with Gasteiger partial charge in [-0.1, -0.05) is 0 Å². The van der Waals surface area contributed by atoms with Crippen LogP contribution in [0.4, 0.5) is 4.39 Å². The van der Waals surface area contributed by atoms with Gasteiger partial charge in [0.15, 0.2) is 0 Å². The predicted molar refractivity (Wildman–Crippen MR) is 70.0 cm³/mol. The number of halogens is 1. The number of nitrogens with two attached hydrogens (primary N) is 1. The number of aryl methyl sites for hydroxylation is 1. The monoisotopic (exact) mass is 247 g/mol. The largest absolute Gasteiger partial charge is 0.330 e. The van der Waals surface area contributed by atoms with Crippen molar-refractivity contribution in [2.24, 2.45) is 5.73 Å². The van der Waals surface area contributed by atoms with Crippen molar-refractivity contribution in [2.45, 2.75) is 38.1 Å². The lowest BCUT2D eigenvalue weighted by Gasteiger charge is -2.07. The van der Waals surface area contributed by atoms with Gasteiger partial charge in [-0.3, -0.25) is 0 Å². The number of hydrogen-bond donors (Lipinski definition) is 1. The molecule has 0 atom stereocenters. The summed E-state index contributed by atoms with van der Waals surface area (Å²) in [6.07, 6.45) is 5.43. The van der Waals surface area contributed by atoms with E-state index in [4.69, 9.17) is 5.73 Å². The van der Waals surface area contributed by atoms with Crippen molar-refractivity contribution in [3.05, 3.63) is 29.8 Å². The van der Waals surface area contributed by atoms with Gasteiger partial charge >= 0.3 is 0 Å². The van der Waals surface area contributed by atoms with E-state index in [2.05, 4.69) is 9.55 Å². The van der Waals surface area contributed by atoms with E-state index in [9.17, 15) is 4.39 Å². The first-order valence-electron chi connectivity index (χ1n) is 6.66. The average molecular weight is 247 g/mol. The number of hydrogen-bond acceptors (Lipinski definition) is 2. The van der Waals surface area contributed by atoms with E-state index >= 15 is 0 Å². The number of rotatable bonds is 5. The molecule has 1 aromatic carbocycles. The highest BCUT2D eigenvalue weighted by Crippen LogP contribution is 2.39. The maximum absolute atomic E-state index is 13.2. The van der Waals surface area contributed by atoms with Crippen molar-refractivity contribution in [1.82, 2.24) is 9.55 Å². The summed E-state index contributed by atoms with van der Waals surface area (Å²) in [4.78, 5) is 4.59. The quantitative estimate of drug-likeness (QED) is 0.826. The molecule has 18 heavy (non-hydrogen) atoms. The van der Waals surface area contributed by atoms with Gasteiger partial charge in [0.2, 0.25) is 0 Å². The summed E-state index contributed by atoms with van der Waals surface area (Å²) in [7, 11) is 0. The topological polar surface area (TPSA) is 43.8 Å². The third-order valence-corrected chi connectivity index (χ3v) is 3.49. The molecule has 0 amide bonds. The molecule has 0 spiro atoms. The first-order chi connectivity index (χ1) is 8.79. The highest BCUT2D eigenvalue weighted by Gasteiger charge is 2.27. The van der Waals surface area contributed by atoms with Crippen LogP contribution in [0.25, 0.3) is 11.0 Å². The fraction of sp³-hybridized carbons (Fsp3) is 0.500. The molecule has 2 aromatic rings. The van der Waals surface area contributed by atoms with Gasteiger partial charge in [0.1, 0.15) is 11.6 Å². The van der Waals surface area contributed by atoms with Crippen molar-refractivity contribution < 1.29 is 4.39 Å². The summed E-state index contributed by atoms with van der Waals surface area (Å²) in [6.45, 7) is 0.721. The third kappa shape index (κ3) is 2.12. The molecule has 0 unspecified atom stereocenters. The minimum atomic E-state index is -0.212. The highest BCUT2D eigenvalue weighted by molar-refractivity contribution is 5.76. The number of fused-ring (bicyclic) bond motifs is 1. The predicted octanol–water partition coefficient (Wildman–Crippen LogP) is 2.79. The smallest absolute Gasteiger partial charge is 0.125 e. The van der Waals surface area contributed by atoms with E-state index in [0.29, 0.717) is 6.04 Å². The SMILES string of the molecule is NCCCCc1nc2cc(F)ccc2n1C1CC1. The molecule has 0 radical (unpaired) electrons. The number of imidazole rings is 1. The van der Waals surface area contributed by atoms with E-state index < -0.39 is 0 Å². The van der Waals surface area contributed by atoms with Crippen LogP contribution in [-0.4, -0.2) is 16.1 Å². The third-order valence-electron chi connectivity index (χ3n) is 3.49. The highest BCUT2D eigenvalue weighted by atomic mass is 19.1. The average Bonchev–Trinajstić information content (AvgIpc) is 3.12. The second kappa shape index (κ2) is 4.69. The second-order valence-electron chi connectivity index (χ2n) is 5.01. The van der Waals surface area contributed by atoms with Gasteiger partial charge in [-0.2, -0.15) is 0 Å². The number of unbranched alkanes of at least 4 members (excludes halogenated alkanes) is 1. The molecule has 1 aliphatic carbocycles. The Labute approximate surface area is 106 Å². The summed E-state index contributed by atoms with van der Waals surface area (Å²) >= 11 is 0. The first-order valence-corrected chi connectivity index (χ1v) is 6.66. The van der Waals surface area contributed by atoms with Crippen LogP contribution < -0.4 is 5.73 Å². The van der Waals surface area contributed by atoms with E-state index in [0.717, 1.165) is 42.7 Å². The Balaban J connectivity index is 1.98. The van der Waals surface area contributed by atoms with Gasteiger partial charge in [0, 0.05) is 18.5 Å². The van der Waals surface area contributed by atoms with Gasteiger partial charge in [-0.15, -0.1) is 0 Å². The van der Waals surface area contributed by atoms with Gasteiger partial charge in [0.25, 0.3) is 0 Å². The maximum Gasteiger partial charge on any atom is 0.125 e. The van der Waals surface area contributed by atoms with Gasteiger partial charge in [-0.05, 0) is 44.4 Å². The van der Waals surface area contributed by atoms with Crippen molar-refractivity contribution in [3.8, 4) is 0 Å². The molecule has 96 valence electrons. The number of benzene rings is 1. The normalized spacial score (nSPS) is 15.4. The molecule has 0 bridgehead atoms. The standard InChI is InChI=1S/C14H18FN3/c15-10-4-7-13-12(9-10)17-14(3-1-2-8-16)18(13)11-5-6-11/h4,7,9,11H,1-3,5-6,8,16H2. The van der Waals surface area contributed by atoms with Crippen LogP contribution in [-0.2, 0) is 6.42 Å².